The summed E-state index contributed by atoms with van der Waals surface area (Å²) in [5, 5.41) is 16.2. The van der Waals surface area contributed by atoms with Crippen LogP contribution in [-0.4, -0.2) is 24.0 Å². The molecule has 23 heavy (non-hydrogen) atoms. The highest BCUT2D eigenvalue weighted by molar-refractivity contribution is 6.00. The van der Waals surface area contributed by atoms with Gasteiger partial charge < -0.3 is 10.6 Å². The van der Waals surface area contributed by atoms with Crippen LogP contribution >= 0.6 is 0 Å². The molecule has 1 atom stereocenters. The van der Waals surface area contributed by atoms with Crippen LogP contribution in [0.1, 0.15) is 31.4 Å². The highest BCUT2D eigenvalue weighted by atomic mass is 16.1. The summed E-state index contributed by atoms with van der Waals surface area (Å²) < 4.78 is 0. The largest absolute Gasteiger partial charge is 0.324 e. The van der Waals surface area contributed by atoms with Crippen LogP contribution in [0.4, 0.5) is 5.69 Å². The number of para-hydroxylation sites is 1. The van der Waals surface area contributed by atoms with E-state index in [2.05, 4.69) is 15.6 Å². The van der Waals surface area contributed by atoms with Gasteiger partial charge in [-0.2, -0.15) is 5.26 Å². The van der Waals surface area contributed by atoms with Crippen molar-refractivity contribution in [1.82, 2.24) is 10.3 Å². The van der Waals surface area contributed by atoms with Crippen molar-refractivity contribution in [3.63, 3.8) is 0 Å². The van der Waals surface area contributed by atoms with Crippen LogP contribution in [0.15, 0.2) is 30.3 Å². The van der Waals surface area contributed by atoms with Gasteiger partial charge in [-0.3, -0.25) is 4.79 Å². The van der Waals surface area contributed by atoms with E-state index in [1.165, 1.54) is 12.8 Å². The summed E-state index contributed by atoms with van der Waals surface area (Å²) >= 11 is 0. The second-order valence-electron chi connectivity index (χ2n) is 5.98. The van der Waals surface area contributed by atoms with Crippen molar-refractivity contribution in [1.29, 1.82) is 5.26 Å². The minimum atomic E-state index is 0.00670. The topological polar surface area (TPSA) is 77.8 Å². The summed E-state index contributed by atoms with van der Waals surface area (Å²) in [5.41, 5.74) is 1.69. The lowest BCUT2D eigenvalue weighted by Gasteiger charge is -2.22. The molecular weight excluding hydrogens is 288 g/mol. The van der Waals surface area contributed by atoms with E-state index in [4.69, 9.17) is 5.26 Å². The Morgan fingerprint density at radius 1 is 1.39 bits per heavy atom. The van der Waals surface area contributed by atoms with Gasteiger partial charge in [0, 0.05) is 11.8 Å². The summed E-state index contributed by atoms with van der Waals surface area (Å²) in [4.78, 5) is 16.5. The zero-order valence-corrected chi connectivity index (χ0v) is 13.0. The van der Waals surface area contributed by atoms with Gasteiger partial charge in [0.25, 0.3) is 0 Å². The number of fused-ring (bicyclic) bond motifs is 1. The van der Waals surface area contributed by atoms with Gasteiger partial charge >= 0.3 is 0 Å². The third-order valence-corrected chi connectivity index (χ3v) is 4.29. The van der Waals surface area contributed by atoms with Crippen LogP contribution in [-0.2, 0) is 4.79 Å². The van der Waals surface area contributed by atoms with Gasteiger partial charge in [0.15, 0.2) is 0 Å². The Bertz CT molecular complexity index is 744. The number of aromatic nitrogens is 1. The lowest BCUT2D eigenvalue weighted by atomic mass is 9.94. The molecule has 2 N–H and O–H groups in total. The Morgan fingerprint density at radius 2 is 2.30 bits per heavy atom. The van der Waals surface area contributed by atoms with E-state index in [9.17, 15) is 4.79 Å². The molecule has 5 heteroatoms. The lowest BCUT2D eigenvalue weighted by Crippen LogP contribution is -2.30. The Balaban J connectivity index is 1.68. The van der Waals surface area contributed by atoms with Crippen molar-refractivity contribution in [3.8, 4) is 6.07 Å². The summed E-state index contributed by atoms with van der Waals surface area (Å²) in [5.74, 6) is 0.595. The molecule has 1 aliphatic rings. The van der Waals surface area contributed by atoms with Crippen molar-refractivity contribution < 1.29 is 4.79 Å². The fourth-order valence-electron chi connectivity index (χ4n) is 3.03. The molecule has 1 saturated heterocycles. The van der Waals surface area contributed by atoms with Gasteiger partial charge in [0.2, 0.25) is 5.91 Å². The zero-order valence-electron chi connectivity index (χ0n) is 13.0. The molecule has 0 saturated carbocycles. The smallest absolute Gasteiger partial charge is 0.224 e. The van der Waals surface area contributed by atoms with Gasteiger partial charge in [-0.1, -0.05) is 12.1 Å². The standard InChI is InChI=1S/C18H20N4O/c19-11-15-8-7-14-4-1-5-16(18(14)21-15)22-17(23)9-6-13-3-2-10-20-12-13/h1,4-5,7-8,13,20H,2-3,6,9-10,12H2,(H,22,23). The highest BCUT2D eigenvalue weighted by Gasteiger charge is 2.15. The number of anilines is 1. The average molecular weight is 308 g/mol. The third kappa shape index (κ3) is 3.85. The maximum atomic E-state index is 12.2. The lowest BCUT2D eigenvalue weighted by molar-refractivity contribution is -0.116. The van der Waals surface area contributed by atoms with Crippen LogP contribution in [0.2, 0.25) is 0 Å². The van der Waals surface area contributed by atoms with Crippen LogP contribution in [0, 0.1) is 17.2 Å². The highest BCUT2D eigenvalue weighted by Crippen LogP contribution is 2.22. The zero-order chi connectivity index (χ0) is 16.1. The molecule has 1 aliphatic heterocycles. The number of piperidine rings is 1. The molecule has 1 amide bonds. The van der Waals surface area contributed by atoms with Crippen LogP contribution < -0.4 is 10.6 Å². The number of nitrogens with one attached hydrogen (secondary N) is 2. The first-order valence-corrected chi connectivity index (χ1v) is 8.07. The maximum Gasteiger partial charge on any atom is 0.224 e. The molecular formula is C18H20N4O. The monoisotopic (exact) mass is 308 g/mol. The quantitative estimate of drug-likeness (QED) is 0.910. The number of hydrogen-bond acceptors (Lipinski definition) is 4. The molecule has 2 heterocycles. The molecule has 0 aliphatic carbocycles. The van der Waals surface area contributed by atoms with Gasteiger partial charge in [0.1, 0.15) is 11.8 Å². The first kappa shape index (κ1) is 15.4. The third-order valence-electron chi connectivity index (χ3n) is 4.29. The second-order valence-corrected chi connectivity index (χ2v) is 5.98. The first-order chi connectivity index (χ1) is 11.3. The number of carbonyl (C=O) groups is 1. The maximum absolute atomic E-state index is 12.2. The molecule has 1 aromatic heterocycles. The van der Waals surface area contributed by atoms with Crippen LogP contribution in [0.5, 0.6) is 0 Å². The Labute approximate surface area is 135 Å². The number of nitriles is 1. The van der Waals surface area contributed by atoms with Gasteiger partial charge in [-0.15, -0.1) is 0 Å². The average Bonchev–Trinajstić information content (AvgIpc) is 2.61. The van der Waals surface area contributed by atoms with Crippen molar-refractivity contribution in [2.24, 2.45) is 5.92 Å². The van der Waals surface area contributed by atoms with Crippen molar-refractivity contribution in [3.05, 3.63) is 36.0 Å². The Morgan fingerprint density at radius 3 is 3.09 bits per heavy atom. The first-order valence-electron chi connectivity index (χ1n) is 8.07. The van der Waals surface area contributed by atoms with E-state index >= 15 is 0 Å². The second kappa shape index (κ2) is 7.21. The van der Waals surface area contributed by atoms with Crippen molar-refractivity contribution in [2.45, 2.75) is 25.7 Å². The molecule has 118 valence electrons. The van der Waals surface area contributed by atoms with Crippen molar-refractivity contribution >= 4 is 22.5 Å². The van der Waals surface area contributed by atoms with Crippen LogP contribution in [0.25, 0.3) is 10.9 Å². The fourth-order valence-corrected chi connectivity index (χ4v) is 3.03. The van der Waals surface area contributed by atoms with Crippen LogP contribution in [0.3, 0.4) is 0 Å². The normalized spacial score (nSPS) is 17.6. The number of amides is 1. The van der Waals surface area contributed by atoms with Crippen molar-refractivity contribution in [2.75, 3.05) is 18.4 Å². The predicted octanol–water partition coefficient (Wildman–Crippen LogP) is 2.82. The van der Waals surface area contributed by atoms with Gasteiger partial charge in [0.05, 0.1) is 11.2 Å². The van der Waals surface area contributed by atoms with E-state index < -0.39 is 0 Å². The molecule has 1 aromatic carbocycles. The van der Waals surface area contributed by atoms with Gasteiger partial charge in [-0.25, -0.2) is 4.98 Å². The molecule has 1 fully saturated rings. The Kier molecular flexibility index (Phi) is 4.84. The summed E-state index contributed by atoms with van der Waals surface area (Å²) in [6.07, 6.45) is 3.80. The number of pyridine rings is 1. The Hall–Kier alpha value is -2.45. The predicted molar refractivity (Wildman–Crippen MR) is 89.9 cm³/mol. The van der Waals surface area contributed by atoms with E-state index in [-0.39, 0.29) is 5.91 Å². The van der Waals surface area contributed by atoms with E-state index in [1.807, 2.05) is 30.3 Å². The number of carbonyl (C=O) groups excluding carboxylic acids is 1. The molecule has 0 bridgehead atoms. The molecule has 0 radical (unpaired) electrons. The van der Waals surface area contributed by atoms with Gasteiger partial charge in [-0.05, 0) is 56.5 Å². The summed E-state index contributed by atoms with van der Waals surface area (Å²) in [6, 6.07) is 11.2. The minimum Gasteiger partial charge on any atom is -0.324 e. The number of benzene rings is 1. The summed E-state index contributed by atoms with van der Waals surface area (Å²) in [7, 11) is 0. The van der Waals surface area contributed by atoms with E-state index in [0.717, 1.165) is 24.9 Å². The fraction of sp³-hybridized carbons (Fsp3) is 0.389. The number of rotatable bonds is 4. The molecule has 0 spiro atoms. The molecule has 2 aromatic rings. The number of nitrogens with zero attached hydrogens (tertiary/aromatic N) is 2. The summed E-state index contributed by atoms with van der Waals surface area (Å²) in [6.45, 7) is 2.10. The van der Waals surface area contributed by atoms with E-state index in [0.29, 0.717) is 29.2 Å². The SMILES string of the molecule is N#Cc1ccc2cccc(NC(=O)CCC3CCCNC3)c2n1. The van der Waals surface area contributed by atoms with E-state index in [1.54, 1.807) is 6.07 Å². The molecule has 3 rings (SSSR count). The minimum absolute atomic E-state index is 0.00670. The molecule has 1 unspecified atom stereocenters. The molecule has 5 nitrogen and oxygen atoms in total. The number of hydrogen-bond donors (Lipinski definition) is 2.